The maximum atomic E-state index is 12.5. The van der Waals surface area contributed by atoms with Crippen molar-refractivity contribution in [3.05, 3.63) is 24.3 Å². The molecule has 0 aromatic heterocycles. The molecule has 1 aromatic rings. The molecule has 1 unspecified atom stereocenters. The molecule has 0 fully saturated rings. The van der Waals surface area contributed by atoms with Crippen molar-refractivity contribution in [1.29, 1.82) is 0 Å². The van der Waals surface area contributed by atoms with E-state index >= 15 is 0 Å². The zero-order valence-electron chi connectivity index (χ0n) is 13.7. The molecule has 23 heavy (non-hydrogen) atoms. The number of carbonyl (C=O) groups is 2. The Hall–Kier alpha value is -1.93. The summed E-state index contributed by atoms with van der Waals surface area (Å²) in [7, 11) is -2.69. The van der Waals surface area contributed by atoms with Crippen LogP contribution in [0.15, 0.2) is 29.2 Å². The molecule has 1 aromatic carbocycles. The number of hydrogen-bond donors (Lipinski definition) is 2. The highest BCUT2D eigenvalue weighted by Gasteiger charge is 2.38. The molecule has 0 radical (unpaired) electrons. The number of esters is 1. The standard InChI is InChI=1S/C15H22N2O5S/c1-5-10-15(3,14(19)22-4)17-23(20,21)13-8-6-12(7-9-13)16-11(2)18/h6-9,17H,5,10H2,1-4H3,(H,16,18). The zero-order valence-corrected chi connectivity index (χ0v) is 14.5. The Kier molecular flexibility index (Phi) is 6.28. The molecule has 1 atom stereocenters. The molecule has 128 valence electrons. The molecular formula is C15H22N2O5S. The van der Waals surface area contributed by atoms with Crippen LogP contribution in [0.3, 0.4) is 0 Å². The average molecular weight is 342 g/mol. The molecule has 2 N–H and O–H groups in total. The number of nitrogens with one attached hydrogen (secondary N) is 2. The van der Waals surface area contributed by atoms with E-state index in [2.05, 4.69) is 10.0 Å². The maximum absolute atomic E-state index is 12.5. The predicted molar refractivity (Wildman–Crippen MR) is 86.4 cm³/mol. The Balaban J connectivity index is 3.05. The third-order valence-corrected chi connectivity index (χ3v) is 4.84. The first-order valence-electron chi connectivity index (χ1n) is 7.14. The van der Waals surface area contributed by atoms with E-state index in [1.165, 1.54) is 45.2 Å². The number of methoxy groups -OCH3 is 1. The predicted octanol–water partition coefficient (Wildman–Crippen LogP) is 1.66. The summed E-state index contributed by atoms with van der Waals surface area (Å²) in [6.45, 7) is 4.70. The zero-order chi connectivity index (χ0) is 17.7. The number of carbonyl (C=O) groups excluding carboxylic acids is 2. The highest BCUT2D eigenvalue weighted by molar-refractivity contribution is 7.89. The summed E-state index contributed by atoms with van der Waals surface area (Å²) in [6.07, 6.45) is 0.915. The van der Waals surface area contributed by atoms with Crippen LogP contribution in [0.5, 0.6) is 0 Å². The van der Waals surface area contributed by atoms with E-state index in [1.807, 2.05) is 6.92 Å². The van der Waals surface area contributed by atoms with Crippen molar-refractivity contribution in [2.24, 2.45) is 0 Å². The number of ether oxygens (including phenoxy) is 1. The minimum Gasteiger partial charge on any atom is -0.468 e. The maximum Gasteiger partial charge on any atom is 0.326 e. The topological polar surface area (TPSA) is 102 Å². The van der Waals surface area contributed by atoms with Gasteiger partial charge in [-0.3, -0.25) is 9.59 Å². The van der Waals surface area contributed by atoms with E-state index in [1.54, 1.807) is 0 Å². The molecule has 8 heteroatoms. The van der Waals surface area contributed by atoms with Gasteiger partial charge < -0.3 is 10.1 Å². The van der Waals surface area contributed by atoms with Crippen LogP contribution in [-0.2, 0) is 24.3 Å². The molecule has 7 nitrogen and oxygen atoms in total. The van der Waals surface area contributed by atoms with Gasteiger partial charge >= 0.3 is 5.97 Å². The van der Waals surface area contributed by atoms with E-state index in [9.17, 15) is 18.0 Å². The van der Waals surface area contributed by atoms with Gasteiger partial charge in [0.1, 0.15) is 5.54 Å². The second kappa shape index (κ2) is 7.56. The molecule has 0 saturated carbocycles. The smallest absolute Gasteiger partial charge is 0.326 e. The Morgan fingerprint density at radius 3 is 2.22 bits per heavy atom. The van der Waals surface area contributed by atoms with Crippen molar-refractivity contribution < 1.29 is 22.7 Å². The van der Waals surface area contributed by atoms with Gasteiger partial charge in [-0.2, -0.15) is 4.72 Å². The molecule has 0 heterocycles. The van der Waals surface area contributed by atoms with Gasteiger partial charge in [0.25, 0.3) is 0 Å². The first-order chi connectivity index (χ1) is 10.6. The molecule has 0 spiro atoms. The Morgan fingerprint density at radius 1 is 1.22 bits per heavy atom. The van der Waals surface area contributed by atoms with Crippen molar-refractivity contribution in [2.75, 3.05) is 12.4 Å². The Labute approximate surface area is 136 Å². The van der Waals surface area contributed by atoms with E-state index in [4.69, 9.17) is 4.74 Å². The first kappa shape index (κ1) is 19.1. The van der Waals surface area contributed by atoms with Gasteiger partial charge in [0.15, 0.2) is 0 Å². The quantitative estimate of drug-likeness (QED) is 0.734. The van der Waals surface area contributed by atoms with Crippen LogP contribution in [0.25, 0.3) is 0 Å². The van der Waals surface area contributed by atoms with Gasteiger partial charge in [0.05, 0.1) is 12.0 Å². The number of sulfonamides is 1. The summed E-state index contributed by atoms with van der Waals surface area (Å²) in [5.74, 6) is -0.891. The van der Waals surface area contributed by atoms with Crippen molar-refractivity contribution in [1.82, 2.24) is 4.72 Å². The van der Waals surface area contributed by atoms with Crippen LogP contribution < -0.4 is 10.0 Å². The van der Waals surface area contributed by atoms with Crippen molar-refractivity contribution in [3.8, 4) is 0 Å². The fraction of sp³-hybridized carbons (Fsp3) is 0.467. The van der Waals surface area contributed by atoms with E-state index < -0.39 is 21.5 Å². The first-order valence-corrected chi connectivity index (χ1v) is 8.63. The highest BCUT2D eigenvalue weighted by Crippen LogP contribution is 2.20. The van der Waals surface area contributed by atoms with Crippen molar-refractivity contribution in [3.63, 3.8) is 0 Å². The van der Waals surface area contributed by atoms with Crippen molar-refractivity contribution >= 4 is 27.6 Å². The fourth-order valence-corrected chi connectivity index (χ4v) is 3.59. The molecule has 0 bridgehead atoms. The fourth-order valence-electron chi connectivity index (χ4n) is 2.20. The average Bonchev–Trinajstić information content (AvgIpc) is 2.46. The van der Waals surface area contributed by atoms with E-state index in [-0.39, 0.29) is 10.8 Å². The van der Waals surface area contributed by atoms with Gasteiger partial charge in [0.2, 0.25) is 15.9 Å². The van der Waals surface area contributed by atoms with E-state index in [0.717, 1.165) is 0 Å². The molecule has 0 aliphatic rings. The normalized spacial score (nSPS) is 13.9. The van der Waals surface area contributed by atoms with Crippen LogP contribution in [0.2, 0.25) is 0 Å². The molecule has 1 rings (SSSR count). The molecule has 1 amide bonds. The number of hydrogen-bond acceptors (Lipinski definition) is 5. The van der Waals surface area contributed by atoms with Crippen LogP contribution in [0, 0.1) is 0 Å². The van der Waals surface area contributed by atoms with Crippen LogP contribution >= 0.6 is 0 Å². The lowest BCUT2D eigenvalue weighted by molar-refractivity contribution is -0.147. The van der Waals surface area contributed by atoms with E-state index in [0.29, 0.717) is 18.5 Å². The van der Waals surface area contributed by atoms with Crippen LogP contribution in [0.1, 0.15) is 33.6 Å². The summed E-state index contributed by atoms with van der Waals surface area (Å²) >= 11 is 0. The molecule has 0 aliphatic carbocycles. The van der Waals surface area contributed by atoms with Gasteiger partial charge in [-0.15, -0.1) is 0 Å². The SMILES string of the molecule is CCCC(C)(NS(=O)(=O)c1ccc(NC(C)=O)cc1)C(=O)OC. The van der Waals surface area contributed by atoms with Gasteiger partial charge in [-0.1, -0.05) is 13.3 Å². The minimum absolute atomic E-state index is 0.00201. The van der Waals surface area contributed by atoms with Crippen molar-refractivity contribution in [2.45, 2.75) is 44.0 Å². The highest BCUT2D eigenvalue weighted by atomic mass is 32.2. The summed E-state index contributed by atoms with van der Waals surface area (Å²) in [4.78, 5) is 22.9. The number of anilines is 1. The summed E-state index contributed by atoms with van der Waals surface area (Å²) in [6, 6.07) is 5.67. The summed E-state index contributed by atoms with van der Waals surface area (Å²) in [5, 5.41) is 2.55. The van der Waals surface area contributed by atoms with Crippen LogP contribution in [-0.4, -0.2) is 32.9 Å². The Morgan fingerprint density at radius 2 is 1.78 bits per heavy atom. The molecule has 0 aliphatic heterocycles. The second-order valence-electron chi connectivity index (χ2n) is 5.38. The Bertz CT molecular complexity index is 670. The lowest BCUT2D eigenvalue weighted by Crippen LogP contribution is -2.52. The lowest BCUT2D eigenvalue weighted by Gasteiger charge is -2.27. The third-order valence-electron chi connectivity index (χ3n) is 3.23. The largest absolute Gasteiger partial charge is 0.468 e. The van der Waals surface area contributed by atoms with Gasteiger partial charge in [-0.25, -0.2) is 8.42 Å². The number of benzene rings is 1. The lowest BCUT2D eigenvalue weighted by atomic mass is 9.98. The molecular weight excluding hydrogens is 320 g/mol. The van der Waals surface area contributed by atoms with Crippen LogP contribution in [0.4, 0.5) is 5.69 Å². The van der Waals surface area contributed by atoms with Gasteiger partial charge in [-0.05, 0) is 37.6 Å². The second-order valence-corrected chi connectivity index (χ2v) is 7.07. The monoisotopic (exact) mass is 342 g/mol. The summed E-state index contributed by atoms with van der Waals surface area (Å²) < 4.78 is 32.0. The number of amides is 1. The molecule has 0 saturated heterocycles. The third kappa shape index (κ3) is 5.04. The number of rotatable bonds is 7. The summed E-state index contributed by atoms with van der Waals surface area (Å²) in [5.41, 5.74) is -0.848. The minimum atomic E-state index is -3.90. The van der Waals surface area contributed by atoms with Gasteiger partial charge in [0, 0.05) is 12.6 Å².